The number of para-hydroxylation sites is 1. The van der Waals surface area contributed by atoms with Crippen LogP contribution < -0.4 is 16.3 Å². The number of aromatic nitrogens is 2. The molecule has 0 spiro atoms. The molecule has 0 radical (unpaired) electrons. The molecular formula is C23H31N5O3. The van der Waals surface area contributed by atoms with Crippen LogP contribution in [0.3, 0.4) is 0 Å². The number of fused-ring (bicyclic) bond motifs is 1. The Labute approximate surface area is 181 Å². The maximum atomic E-state index is 13.2. The number of carbonyl (C=O) groups is 2. The number of amides is 2. The summed E-state index contributed by atoms with van der Waals surface area (Å²) in [5, 5.41) is 5.83. The third kappa shape index (κ3) is 3.61. The lowest BCUT2D eigenvalue weighted by molar-refractivity contribution is -0.135. The Balaban J connectivity index is 1.44. The molecule has 0 aliphatic carbocycles. The van der Waals surface area contributed by atoms with Gasteiger partial charge in [-0.15, -0.1) is 0 Å². The number of carbonyl (C=O) groups excluding carboxylic acids is 2. The highest BCUT2D eigenvalue weighted by Crippen LogP contribution is 2.35. The molecule has 31 heavy (non-hydrogen) atoms. The molecule has 3 fully saturated rings. The van der Waals surface area contributed by atoms with Gasteiger partial charge in [-0.3, -0.25) is 24.0 Å². The van der Waals surface area contributed by atoms with Crippen LogP contribution in [-0.4, -0.2) is 58.1 Å². The number of rotatable bonds is 3. The summed E-state index contributed by atoms with van der Waals surface area (Å²) in [6.07, 6.45) is 5.24. The summed E-state index contributed by atoms with van der Waals surface area (Å²) in [6.45, 7) is 4.40. The van der Waals surface area contributed by atoms with E-state index in [2.05, 4.69) is 21.6 Å². The van der Waals surface area contributed by atoms with Crippen molar-refractivity contribution in [1.29, 1.82) is 0 Å². The first kappa shape index (κ1) is 20.5. The number of imidazole rings is 1. The predicted octanol–water partition coefficient (Wildman–Crippen LogP) is 1.25. The van der Waals surface area contributed by atoms with E-state index in [4.69, 9.17) is 0 Å². The van der Waals surface area contributed by atoms with Crippen molar-refractivity contribution in [2.24, 2.45) is 7.05 Å². The maximum Gasteiger partial charge on any atom is 0.329 e. The van der Waals surface area contributed by atoms with Crippen molar-refractivity contribution >= 4 is 22.8 Å². The van der Waals surface area contributed by atoms with Crippen LogP contribution in [0.25, 0.3) is 11.0 Å². The first-order chi connectivity index (χ1) is 15.0. The molecule has 1 unspecified atom stereocenters. The first-order valence-electron chi connectivity index (χ1n) is 11.5. The van der Waals surface area contributed by atoms with Gasteiger partial charge in [0.25, 0.3) is 0 Å². The lowest BCUT2D eigenvalue weighted by Gasteiger charge is -2.39. The molecule has 8 heteroatoms. The number of nitrogens with one attached hydrogen (secondary N) is 2. The summed E-state index contributed by atoms with van der Waals surface area (Å²) in [6, 6.07) is 6.12. The molecule has 8 nitrogen and oxygen atoms in total. The highest BCUT2D eigenvalue weighted by molar-refractivity contribution is 6.00. The van der Waals surface area contributed by atoms with Crippen molar-refractivity contribution in [3.63, 3.8) is 0 Å². The lowest BCUT2D eigenvalue weighted by atomic mass is 9.87. The zero-order chi connectivity index (χ0) is 21.5. The average molecular weight is 426 g/mol. The minimum Gasteiger partial charge on any atom is -0.317 e. The third-order valence-electron chi connectivity index (χ3n) is 7.45. The van der Waals surface area contributed by atoms with E-state index < -0.39 is 6.04 Å². The lowest BCUT2D eigenvalue weighted by Crippen LogP contribution is -2.46. The van der Waals surface area contributed by atoms with Gasteiger partial charge in [0.05, 0.1) is 11.0 Å². The second-order valence-electron chi connectivity index (χ2n) is 9.18. The maximum absolute atomic E-state index is 13.2. The standard InChI is InChI=1S/C23H31N5O3/c1-26-21-17(15-9-13-27(14-10-15)16-7-11-24-12-8-16)3-2-4-18(21)28(23(26)31)19-5-6-20(29)25-22(19)30/h2-4,15-16,19,24H,5-14H2,1H3,(H,25,29,30). The van der Waals surface area contributed by atoms with Gasteiger partial charge in [0, 0.05) is 19.5 Å². The van der Waals surface area contributed by atoms with Gasteiger partial charge in [-0.1, -0.05) is 12.1 Å². The smallest absolute Gasteiger partial charge is 0.317 e. The van der Waals surface area contributed by atoms with Crippen LogP contribution >= 0.6 is 0 Å². The summed E-state index contributed by atoms with van der Waals surface area (Å²) >= 11 is 0. The molecule has 1 atom stereocenters. The number of benzene rings is 1. The third-order valence-corrected chi connectivity index (χ3v) is 7.45. The van der Waals surface area contributed by atoms with E-state index in [1.165, 1.54) is 18.4 Å². The molecule has 2 amide bonds. The molecule has 2 N–H and O–H groups in total. The molecule has 166 valence electrons. The second kappa shape index (κ2) is 8.24. The fraction of sp³-hybridized carbons (Fsp3) is 0.609. The van der Waals surface area contributed by atoms with Crippen LogP contribution in [0.2, 0.25) is 0 Å². The molecule has 3 aliphatic heterocycles. The van der Waals surface area contributed by atoms with Crippen molar-refractivity contribution in [2.45, 2.75) is 56.5 Å². The monoisotopic (exact) mass is 425 g/mol. The Morgan fingerprint density at radius 1 is 0.968 bits per heavy atom. The Morgan fingerprint density at radius 2 is 1.71 bits per heavy atom. The predicted molar refractivity (Wildman–Crippen MR) is 118 cm³/mol. The Morgan fingerprint density at radius 3 is 2.42 bits per heavy atom. The number of nitrogens with zero attached hydrogens (tertiary/aromatic N) is 3. The number of hydrogen-bond acceptors (Lipinski definition) is 5. The van der Waals surface area contributed by atoms with E-state index >= 15 is 0 Å². The van der Waals surface area contributed by atoms with Gasteiger partial charge in [-0.2, -0.15) is 0 Å². The van der Waals surface area contributed by atoms with Gasteiger partial charge in [0.2, 0.25) is 11.8 Å². The Hall–Kier alpha value is -2.45. The molecule has 0 saturated carbocycles. The van der Waals surface area contributed by atoms with E-state index in [9.17, 15) is 14.4 Å². The van der Waals surface area contributed by atoms with Gasteiger partial charge in [0.15, 0.2) is 0 Å². The van der Waals surface area contributed by atoms with Crippen molar-refractivity contribution in [3.05, 3.63) is 34.2 Å². The number of piperidine rings is 3. The van der Waals surface area contributed by atoms with Gasteiger partial charge in [-0.25, -0.2) is 4.79 Å². The first-order valence-corrected chi connectivity index (χ1v) is 11.5. The van der Waals surface area contributed by atoms with Gasteiger partial charge in [0.1, 0.15) is 6.04 Å². The van der Waals surface area contributed by atoms with Crippen molar-refractivity contribution in [2.75, 3.05) is 26.2 Å². The molecule has 2 aromatic rings. The van der Waals surface area contributed by atoms with Crippen molar-refractivity contribution < 1.29 is 9.59 Å². The average Bonchev–Trinajstić information content (AvgIpc) is 3.05. The Bertz CT molecular complexity index is 1060. The number of likely N-dealkylation sites (tertiary alicyclic amines) is 1. The van der Waals surface area contributed by atoms with Crippen LogP contribution in [-0.2, 0) is 16.6 Å². The molecule has 1 aromatic carbocycles. The molecule has 5 rings (SSSR count). The molecule has 1 aromatic heterocycles. The molecular weight excluding hydrogens is 394 g/mol. The minimum absolute atomic E-state index is 0.191. The minimum atomic E-state index is -0.633. The van der Waals surface area contributed by atoms with Crippen LogP contribution in [0, 0.1) is 0 Å². The van der Waals surface area contributed by atoms with Crippen LogP contribution in [0.1, 0.15) is 56.0 Å². The summed E-state index contributed by atoms with van der Waals surface area (Å²) in [7, 11) is 1.79. The van der Waals surface area contributed by atoms with E-state index in [1.807, 2.05) is 12.1 Å². The van der Waals surface area contributed by atoms with Crippen molar-refractivity contribution in [1.82, 2.24) is 24.7 Å². The Kier molecular flexibility index (Phi) is 5.44. The molecule has 4 heterocycles. The van der Waals surface area contributed by atoms with E-state index in [0.717, 1.165) is 50.1 Å². The zero-order valence-electron chi connectivity index (χ0n) is 18.1. The summed E-state index contributed by atoms with van der Waals surface area (Å²) in [5.41, 5.74) is 2.73. The normalized spacial score (nSPS) is 24.6. The van der Waals surface area contributed by atoms with E-state index in [0.29, 0.717) is 18.4 Å². The molecule has 3 saturated heterocycles. The second-order valence-corrected chi connectivity index (χ2v) is 9.18. The summed E-state index contributed by atoms with van der Waals surface area (Å²) in [5.74, 6) is -0.243. The topological polar surface area (TPSA) is 88.4 Å². The van der Waals surface area contributed by atoms with Crippen LogP contribution in [0.5, 0.6) is 0 Å². The quantitative estimate of drug-likeness (QED) is 0.723. The van der Waals surface area contributed by atoms with Gasteiger partial charge < -0.3 is 10.2 Å². The van der Waals surface area contributed by atoms with E-state index in [1.54, 1.807) is 16.2 Å². The number of imide groups is 1. The highest BCUT2D eigenvalue weighted by atomic mass is 16.2. The number of aryl methyl sites for hydroxylation is 1. The molecule has 0 bridgehead atoms. The van der Waals surface area contributed by atoms with Gasteiger partial charge in [-0.05, 0) is 75.8 Å². The molecule has 3 aliphatic rings. The fourth-order valence-corrected chi connectivity index (χ4v) is 5.78. The van der Waals surface area contributed by atoms with Crippen LogP contribution in [0.15, 0.2) is 23.0 Å². The van der Waals surface area contributed by atoms with Crippen LogP contribution in [0.4, 0.5) is 0 Å². The van der Waals surface area contributed by atoms with Crippen molar-refractivity contribution in [3.8, 4) is 0 Å². The van der Waals surface area contributed by atoms with Gasteiger partial charge >= 0.3 is 5.69 Å². The summed E-state index contributed by atoms with van der Waals surface area (Å²) in [4.78, 5) is 39.8. The zero-order valence-corrected chi connectivity index (χ0v) is 18.1. The summed E-state index contributed by atoms with van der Waals surface area (Å²) < 4.78 is 3.28. The fourth-order valence-electron chi connectivity index (χ4n) is 5.78. The SMILES string of the molecule is Cn1c(=O)n(C2CCC(=O)NC2=O)c2cccc(C3CCN(C4CCNCC4)CC3)c21. The largest absolute Gasteiger partial charge is 0.329 e. The highest BCUT2D eigenvalue weighted by Gasteiger charge is 2.33. The number of hydrogen-bond donors (Lipinski definition) is 2. The van der Waals surface area contributed by atoms with E-state index in [-0.39, 0.29) is 23.9 Å².